The summed E-state index contributed by atoms with van der Waals surface area (Å²) in [6, 6.07) is 8.08. The second-order valence-electron chi connectivity index (χ2n) is 4.99. The van der Waals surface area contributed by atoms with Crippen LogP contribution in [0.25, 0.3) is 11.0 Å². The van der Waals surface area contributed by atoms with Gasteiger partial charge >= 0.3 is 0 Å². The van der Waals surface area contributed by atoms with E-state index >= 15 is 0 Å². The topological polar surface area (TPSA) is 38.1 Å². The Balaban J connectivity index is 1.68. The van der Waals surface area contributed by atoms with E-state index in [1.807, 2.05) is 29.4 Å². The second kappa shape index (κ2) is 5.33. The molecule has 1 saturated heterocycles. The highest BCUT2D eigenvalue weighted by molar-refractivity contribution is 9.09. The molecule has 0 N–H and O–H groups in total. The van der Waals surface area contributed by atoms with Gasteiger partial charge in [0, 0.05) is 31.4 Å². The summed E-state index contributed by atoms with van der Waals surface area (Å²) in [6.07, 6.45) is 2.53. The van der Waals surface area contributed by atoms with Crippen LogP contribution in [0.3, 0.4) is 0 Å². The number of fused-ring (bicyclic) bond motifs is 1. The zero-order valence-electron chi connectivity index (χ0n) is 10.6. The van der Waals surface area contributed by atoms with Crippen molar-refractivity contribution in [3.05, 3.63) is 30.6 Å². The van der Waals surface area contributed by atoms with E-state index in [9.17, 15) is 4.79 Å². The Morgan fingerprint density at radius 3 is 2.95 bits per heavy atom. The highest BCUT2D eigenvalue weighted by atomic mass is 79.9. The van der Waals surface area contributed by atoms with Gasteiger partial charge < -0.3 is 9.47 Å². The zero-order chi connectivity index (χ0) is 13.2. The Labute approximate surface area is 120 Å². The molecular weight excluding hydrogens is 306 g/mol. The molecule has 0 bridgehead atoms. The summed E-state index contributed by atoms with van der Waals surface area (Å²) in [5.74, 6) is 0.737. The molecule has 1 aliphatic rings. The van der Waals surface area contributed by atoms with Crippen molar-refractivity contribution in [1.82, 2.24) is 14.5 Å². The third kappa shape index (κ3) is 2.52. The molecule has 0 spiro atoms. The van der Waals surface area contributed by atoms with E-state index in [0.29, 0.717) is 12.3 Å². The molecule has 2 heterocycles. The van der Waals surface area contributed by atoms with Gasteiger partial charge in [0.25, 0.3) is 0 Å². The lowest BCUT2D eigenvalue weighted by atomic mass is 10.2. The number of carbonyl (C=O) groups excluding carboxylic acids is 1. The van der Waals surface area contributed by atoms with E-state index in [0.717, 1.165) is 36.0 Å². The van der Waals surface area contributed by atoms with Gasteiger partial charge in [0.15, 0.2) is 0 Å². The number of nitrogens with zero attached hydrogens (tertiary/aromatic N) is 3. The molecule has 1 aliphatic heterocycles. The van der Waals surface area contributed by atoms with Crippen LogP contribution in [0.1, 0.15) is 6.42 Å². The average molecular weight is 322 g/mol. The van der Waals surface area contributed by atoms with Crippen molar-refractivity contribution in [2.24, 2.45) is 5.92 Å². The van der Waals surface area contributed by atoms with E-state index in [1.165, 1.54) is 0 Å². The summed E-state index contributed by atoms with van der Waals surface area (Å²) in [5, 5.41) is 0.906. The van der Waals surface area contributed by atoms with Crippen LogP contribution in [0.4, 0.5) is 0 Å². The molecule has 1 amide bonds. The first kappa shape index (κ1) is 12.7. The van der Waals surface area contributed by atoms with Gasteiger partial charge in [-0.25, -0.2) is 4.98 Å². The number of likely N-dealkylation sites (tertiary alicyclic amines) is 1. The van der Waals surface area contributed by atoms with Gasteiger partial charge in [-0.2, -0.15) is 0 Å². The molecule has 3 rings (SSSR count). The lowest BCUT2D eigenvalue weighted by Gasteiger charge is -2.16. The maximum Gasteiger partial charge on any atom is 0.223 e. The number of halogens is 1. The molecule has 0 aliphatic carbocycles. The highest BCUT2D eigenvalue weighted by Gasteiger charge is 2.28. The van der Waals surface area contributed by atoms with E-state index in [-0.39, 0.29) is 5.91 Å². The van der Waals surface area contributed by atoms with Crippen LogP contribution in [0.15, 0.2) is 30.6 Å². The van der Waals surface area contributed by atoms with Crippen molar-refractivity contribution in [2.75, 3.05) is 18.4 Å². The number of carbonyl (C=O) groups is 1. The predicted molar refractivity (Wildman–Crippen MR) is 78.2 cm³/mol. The first-order valence-corrected chi connectivity index (χ1v) is 7.63. The molecule has 4 nitrogen and oxygen atoms in total. The van der Waals surface area contributed by atoms with E-state index in [2.05, 4.69) is 31.5 Å². The van der Waals surface area contributed by atoms with Gasteiger partial charge in [0.05, 0.1) is 17.4 Å². The van der Waals surface area contributed by atoms with Crippen molar-refractivity contribution in [1.29, 1.82) is 0 Å². The van der Waals surface area contributed by atoms with Gasteiger partial charge in [0.2, 0.25) is 5.91 Å². The number of alkyl halides is 1. The maximum absolute atomic E-state index is 11.8. The second-order valence-corrected chi connectivity index (χ2v) is 5.64. The van der Waals surface area contributed by atoms with E-state index in [1.54, 1.807) is 0 Å². The van der Waals surface area contributed by atoms with Gasteiger partial charge in [-0.15, -0.1) is 0 Å². The fourth-order valence-electron chi connectivity index (χ4n) is 2.59. The van der Waals surface area contributed by atoms with Crippen molar-refractivity contribution in [3.63, 3.8) is 0 Å². The number of amides is 1. The minimum absolute atomic E-state index is 0.272. The SMILES string of the molecule is O=C1CC(CBr)CN1CCn1cnc2ccccc21. The largest absolute Gasteiger partial charge is 0.341 e. The Kier molecular flexibility index (Phi) is 3.55. The zero-order valence-corrected chi connectivity index (χ0v) is 12.2. The molecule has 1 aromatic carbocycles. The van der Waals surface area contributed by atoms with Crippen LogP contribution in [-0.2, 0) is 11.3 Å². The molecule has 0 radical (unpaired) electrons. The molecule has 1 aromatic heterocycles. The molecule has 100 valence electrons. The van der Waals surface area contributed by atoms with Crippen molar-refractivity contribution < 1.29 is 4.79 Å². The Bertz CT molecular complexity index is 595. The molecule has 19 heavy (non-hydrogen) atoms. The molecule has 5 heteroatoms. The van der Waals surface area contributed by atoms with E-state index in [4.69, 9.17) is 0 Å². The molecule has 1 fully saturated rings. The number of imidazole rings is 1. The summed E-state index contributed by atoms with van der Waals surface area (Å²) in [4.78, 5) is 18.2. The van der Waals surface area contributed by atoms with Gasteiger partial charge in [-0.05, 0) is 18.1 Å². The summed E-state index contributed by atoms with van der Waals surface area (Å²) >= 11 is 3.46. The minimum atomic E-state index is 0.272. The minimum Gasteiger partial charge on any atom is -0.341 e. The van der Waals surface area contributed by atoms with Crippen LogP contribution in [0, 0.1) is 5.92 Å². The van der Waals surface area contributed by atoms with Gasteiger partial charge in [-0.3, -0.25) is 4.79 Å². The fraction of sp³-hybridized carbons (Fsp3) is 0.429. The number of rotatable bonds is 4. The summed E-state index contributed by atoms with van der Waals surface area (Å²) < 4.78 is 2.12. The summed E-state index contributed by atoms with van der Waals surface area (Å²) in [6.45, 7) is 2.45. The number of aromatic nitrogens is 2. The third-order valence-corrected chi connectivity index (χ3v) is 4.57. The maximum atomic E-state index is 11.8. The standard InChI is InChI=1S/C14H16BrN3O/c15-8-11-7-14(19)17(9-11)5-6-18-10-16-12-3-1-2-4-13(12)18/h1-4,10-11H,5-9H2. The van der Waals surface area contributed by atoms with E-state index < -0.39 is 0 Å². The molecular formula is C14H16BrN3O. The number of para-hydroxylation sites is 2. The first-order chi connectivity index (χ1) is 9.28. The third-order valence-electron chi connectivity index (χ3n) is 3.65. The molecule has 1 atom stereocenters. The fourth-order valence-corrected chi connectivity index (χ4v) is 3.02. The molecule has 2 aromatic rings. The summed E-state index contributed by atoms with van der Waals surface area (Å²) in [7, 11) is 0. The number of benzene rings is 1. The average Bonchev–Trinajstić information content (AvgIpc) is 3.00. The Morgan fingerprint density at radius 2 is 2.16 bits per heavy atom. The van der Waals surface area contributed by atoms with Crippen molar-refractivity contribution in [3.8, 4) is 0 Å². The number of hydrogen-bond acceptors (Lipinski definition) is 2. The van der Waals surface area contributed by atoms with Crippen LogP contribution in [-0.4, -0.2) is 38.8 Å². The normalized spacial score (nSPS) is 19.5. The predicted octanol–water partition coefficient (Wildman–Crippen LogP) is 2.28. The highest BCUT2D eigenvalue weighted by Crippen LogP contribution is 2.20. The van der Waals surface area contributed by atoms with Gasteiger partial charge in [-0.1, -0.05) is 28.1 Å². The summed E-state index contributed by atoms with van der Waals surface area (Å²) in [5.41, 5.74) is 2.14. The van der Waals surface area contributed by atoms with Crippen molar-refractivity contribution in [2.45, 2.75) is 13.0 Å². The van der Waals surface area contributed by atoms with Crippen LogP contribution in [0.5, 0.6) is 0 Å². The quantitative estimate of drug-likeness (QED) is 0.810. The monoisotopic (exact) mass is 321 g/mol. The van der Waals surface area contributed by atoms with Crippen LogP contribution < -0.4 is 0 Å². The van der Waals surface area contributed by atoms with Gasteiger partial charge in [0.1, 0.15) is 0 Å². The van der Waals surface area contributed by atoms with Crippen LogP contribution in [0.2, 0.25) is 0 Å². The molecule has 1 unspecified atom stereocenters. The number of hydrogen-bond donors (Lipinski definition) is 0. The Hall–Kier alpha value is -1.36. The Morgan fingerprint density at radius 1 is 1.32 bits per heavy atom. The lowest BCUT2D eigenvalue weighted by molar-refractivity contribution is -0.127. The van der Waals surface area contributed by atoms with Crippen LogP contribution >= 0.6 is 15.9 Å². The smallest absolute Gasteiger partial charge is 0.223 e. The van der Waals surface area contributed by atoms with Crippen molar-refractivity contribution >= 4 is 32.9 Å². The lowest BCUT2D eigenvalue weighted by Crippen LogP contribution is -2.29. The first-order valence-electron chi connectivity index (χ1n) is 6.51. The molecule has 0 saturated carbocycles.